The summed E-state index contributed by atoms with van der Waals surface area (Å²) in [6, 6.07) is 19.5. The number of phenols is 2. The Labute approximate surface area is 238 Å². The molecule has 1 aromatic heterocycles. The van der Waals surface area contributed by atoms with Crippen molar-refractivity contribution >= 4 is 28.8 Å². The summed E-state index contributed by atoms with van der Waals surface area (Å²) in [5.74, 6) is -2.40. The van der Waals surface area contributed by atoms with E-state index in [1.807, 2.05) is 56.3 Å². The lowest BCUT2D eigenvalue weighted by atomic mass is 9.90. The monoisotopic (exact) mass is 552 g/mol. The molecule has 0 saturated heterocycles. The molecule has 3 aromatic carbocycles. The summed E-state index contributed by atoms with van der Waals surface area (Å²) >= 11 is 0. The molecule has 1 unspecified atom stereocenters. The van der Waals surface area contributed by atoms with Crippen LogP contribution < -0.4 is 5.63 Å². The zero-order valence-electron chi connectivity index (χ0n) is 23.2. The van der Waals surface area contributed by atoms with Gasteiger partial charge in [0.25, 0.3) is 0 Å². The zero-order valence-corrected chi connectivity index (χ0v) is 23.2. The van der Waals surface area contributed by atoms with E-state index in [9.17, 15) is 24.6 Å². The van der Waals surface area contributed by atoms with Crippen LogP contribution in [0.1, 0.15) is 48.7 Å². The van der Waals surface area contributed by atoms with Gasteiger partial charge in [0.1, 0.15) is 22.6 Å². The summed E-state index contributed by atoms with van der Waals surface area (Å²) in [7, 11) is 0. The van der Waals surface area contributed by atoms with E-state index in [1.165, 1.54) is 12.1 Å². The molecule has 0 aliphatic rings. The first kappa shape index (κ1) is 29.1. The summed E-state index contributed by atoms with van der Waals surface area (Å²) < 4.78 is 10.8. The van der Waals surface area contributed by atoms with Gasteiger partial charge in [-0.25, -0.2) is 9.59 Å². The Morgan fingerprint density at radius 3 is 2.29 bits per heavy atom. The minimum atomic E-state index is -0.649. The molecule has 0 spiro atoms. The number of carbonyl (C=O) groups excluding carboxylic acids is 2. The normalized spacial score (nSPS) is 11.9. The number of hydrogen-bond donors (Lipinski definition) is 2. The van der Waals surface area contributed by atoms with Gasteiger partial charge in [-0.05, 0) is 43.4 Å². The molecule has 1 atom stereocenters. The second-order valence-electron chi connectivity index (χ2n) is 10.2. The van der Waals surface area contributed by atoms with Gasteiger partial charge in [-0.2, -0.15) is 0 Å². The number of ether oxygens (including phenoxy) is 1. The van der Waals surface area contributed by atoms with Gasteiger partial charge in [0.2, 0.25) is 0 Å². The molecule has 4 aromatic rings. The maximum absolute atomic E-state index is 13.5. The van der Waals surface area contributed by atoms with Crippen molar-refractivity contribution in [3.05, 3.63) is 112 Å². The summed E-state index contributed by atoms with van der Waals surface area (Å²) in [6.45, 7) is 5.47. The molecular formula is C34H32O7. The number of ketones is 1. The summed E-state index contributed by atoms with van der Waals surface area (Å²) in [5.41, 5.74) is 2.17. The molecule has 1 heterocycles. The summed E-state index contributed by atoms with van der Waals surface area (Å²) in [5, 5.41) is 22.8. The van der Waals surface area contributed by atoms with Gasteiger partial charge in [-0.1, -0.05) is 79.2 Å². The Balaban J connectivity index is 1.67. The van der Waals surface area contributed by atoms with Gasteiger partial charge in [0.05, 0.1) is 12.0 Å². The zero-order chi connectivity index (χ0) is 29.5. The first-order valence-corrected chi connectivity index (χ1v) is 13.3. The maximum Gasteiger partial charge on any atom is 0.336 e. The van der Waals surface area contributed by atoms with Gasteiger partial charge in [0.15, 0.2) is 5.78 Å². The van der Waals surface area contributed by atoms with Crippen molar-refractivity contribution in [2.24, 2.45) is 5.92 Å². The predicted molar refractivity (Wildman–Crippen MR) is 159 cm³/mol. The van der Waals surface area contributed by atoms with Crippen molar-refractivity contribution in [1.29, 1.82) is 0 Å². The quantitative estimate of drug-likeness (QED) is 0.0727. The largest absolute Gasteiger partial charge is 0.507 e. The Morgan fingerprint density at radius 2 is 1.63 bits per heavy atom. The van der Waals surface area contributed by atoms with E-state index in [0.717, 1.165) is 11.1 Å². The van der Waals surface area contributed by atoms with E-state index in [-0.39, 0.29) is 41.5 Å². The van der Waals surface area contributed by atoms with Crippen LogP contribution in [-0.2, 0) is 16.0 Å². The number of hydrogen-bond acceptors (Lipinski definition) is 7. The van der Waals surface area contributed by atoms with Crippen LogP contribution in [0, 0.1) is 5.92 Å². The van der Waals surface area contributed by atoms with E-state index in [1.54, 1.807) is 37.3 Å². The highest BCUT2D eigenvalue weighted by Crippen LogP contribution is 2.44. The molecule has 0 aliphatic heterocycles. The third kappa shape index (κ3) is 7.00. The smallest absolute Gasteiger partial charge is 0.336 e. The molecule has 4 rings (SSSR count). The van der Waals surface area contributed by atoms with Crippen LogP contribution in [0.15, 0.2) is 93.7 Å². The number of Topliss-reactive ketones (excluding diaryl/α,β-unsaturated/α-hetero) is 1. The summed E-state index contributed by atoms with van der Waals surface area (Å²) in [4.78, 5) is 38.3. The molecule has 0 radical (unpaired) electrons. The number of esters is 1. The average Bonchev–Trinajstić information content (AvgIpc) is 2.95. The Kier molecular flexibility index (Phi) is 9.19. The van der Waals surface area contributed by atoms with Crippen LogP contribution in [0.25, 0.3) is 28.2 Å². The van der Waals surface area contributed by atoms with Crippen molar-refractivity contribution in [2.75, 3.05) is 6.61 Å². The lowest BCUT2D eigenvalue weighted by Gasteiger charge is -2.17. The lowest BCUT2D eigenvalue weighted by Crippen LogP contribution is -2.15. The summed E-state index contributed by atoms with van der Waals surface area (Å²) in [6.07, 6.45) is 4.86. The number of benzene rings is 3. The van der Waals surface area contributed by atoms with E-state index in [4.69, 9.17) is 9.15 Å². The third-order valence-electron chi connectivity index (χ3n) is 6.57. The van der Waals surface area contributed by atoms with Gasteiger partial charge >= 0.3 is 11.6 Å². The van der Waals surface area contributed by atoms with Gasteiger partial charge in [-0.3, -0.25) is 4.79 Å². The highest BCUT2D eigenvalue weighted by molar-refractivity contribution is 6.11. The van der Waals surface area contributed by atoms with Crippen molar-refractivity contribution in [1.82, 2.24) is 0 Å². The minimum absolute atomic E-state index is 0.0209. The number of allylic oxidation sites excluding steroid dienone is 2. The standard InChI is InChI=1S/C34H32O7/c1-21(2)14-16-25-32(38)31(27(35)18-22(3)20-40-28(36)17-15-23-10-6-4-7-11-23)33(39)30-26(19-29(37)41-34(25)30)24-12-8-5-9-13-24/h4-15,17,19,22,38-39H,16,18,20H2,1-3H3. The molecule has 0 bridgehead atoms. The Hall–Kier alpha value is -4.91. The maximum atomic E-state index is 13.5. The predicted octanol–water partition coefficient (Wildman–Crippen LogP) is 6.85. The molecule has 0 saturated carbocycles. The fourth-order valence-corrected chi connectivity index (χ4v) is 4.52. The van der Waals surface area contributed by atoms with Gasteiger partial charge < -0.3 is 19.4 Å². The molecule has 41 heavy (non-hydrogen) atoms. The van der Waals surface area contributed by atoms with Crippen LogP contribution in [0.2, 0.25) is 0 Å². The molecule has 0 aliphatic carbocycles. The van der Waals surface area contributed by atoms with Crippen molar-refractivity contribution in [3.8, 4) is 22.6 Å². The highest BCUT2D eigenvalue weighted by Gasteiger charge is 2.28. The van der Waals surface area contributed by atoms with Gasteiger partial charge in [0, 0.05) is 29.7 Å². The van der Waals surface area contributed by atoms with Crippen LogP contribution in [-0.4, -0.2) is 28.6 Å². The second-order valence-corrected chi connectivity index (χ2v) is 10.2. The van der Waals surface area contributed by atoms with E-state index in [2.05, 4.69) is 0 Å². The average molecular weight is 553 g/mol. The molecule has 2 N–H and O–H groups in total. The topological polar surface area (TPSA) is 114 Å². The molecule has 7 heteroatoms. The molecular weight excluding hydrogens is 520 g/mol. The minimum Gasteiger partial charge on any atom is -0.507 e. The highest BCUT2D eigenvalue weighted by atomic mass is 16.5. The third-order valence-corrected chi connectivity index (χ3v) is 6.57. The van der Waals surface area contributed by atoms with Crippen LogP contribution >= 0.6 is 0 Å². The van der Waals surface area contributed by atoms with Gasteiger partial charge in [-0.15, -0.1) is 0 Å². The Bertz CT molecular complexity index is 1680. The lowest BCUT2D eigenvalue weighted by molar-refractivity contribution is -0.138. The SMILES string of the molecule is CC(C)=CCc1c(O)c(C(=O)CC(C)COC(=O)C=Cc2ccccc2)c(O)c2c(-c3ccccc3)cc(=O)oc12. The number of carbonyl (C=O) groups is 2. The van der Waals surface area contributed by atoms with Crippen LogP contribution in [0.3, 0.4) is 0 Å². The van der Waals surface area contributed by atoms with Crippen LogP contribution in [0.5, 0.6) is 11.5 Å². The second kappa shape index (κ2) is 13.0. The first-order valence-electron chi connectivity index (χ1n) is 13.3. The molecule has 210 valence electrons. The van der Waals surface area contributed by atoms with Crippen molar-refractivity contribution in [3.63, 3.8) is 0 Å². The van der Waals surface area contributed by atoms with Crippen molar-refractivity contribution in [2.45, 2.75) is 33.6 Å². The van der Waals surface area contributed by atoms with E-state index in [0.29, 0.717) is 11.1 Å². The molecule has 0 fully saturated rings. The first-order chi connectivity index (χ1) is 19.7. The fraction of sp³-hybridized carbons (Fsp3) is 0.206. The van der Waals surface area contributed by atoms with Crippen molar-refractivity contribution < 1.29 is 29.0 Å². The van der Waals surface area contributed by atoms with E-state index >= 15 is 0 Å². The number of rotatable bonds is 10. The molecule has 0 amide bonds. The number of phenolic OH excluding ortho intramolecular Hbond substituents is 2. The van der Waals surface area contributed by atoms with Crippen LogP contribution in [0.4, 0.5) is 0 Å². The number of fused-ring (bicyclic) bond motifs is 1. The molecule has 7 nitrogen and oxygen atoms in total. The number of aromatic hydroxyl groups is 2. The fourth-order valence-electron chi connectivity index (χ4n) is 4.52. The Morgan fingerprint density at radius 1 is 0.976 bits per heavy atom. The van der Waals surface area contributed by atoms with E-state index < -0.39 is 34.8 Å².